The van der Waals surface area contributed by atoms with Crippen molar-refractivity contribution >= 4 is 17.5 Å². The fourth-order valence-corrected chi connectivity index (χ4v) is 3.77. The number of para-hydroxylation sites is 1. The average molecular weight is 366 g/mol. The van der Waals surface area contributed by atoms with Crippen LogP contribution in [0.5, 0.6) is 0 Å². The van der Waals surface area contributed by atoms with Crippen molar-refractivity contribution in [1.29, 1.82) is 0 Å². The molecule has 1 aliphatic carbocycles. The minimum atomic E-state index is -0.0437. The van der Waals surface area contributed by atoms with Crippen LogP contribution in [-0.4, -0.2) is 27.6 Å². The Hall–Kier alpha value is -2.59. The van der Waals surface area contributed by atoms with Gasteiger partial charge in [0.15, 0.2) is 5.69 Å². The molecule has 4 rings (SSSR count). The predicted molar refractivity (Wildman–Crippen MR) is 103 cm³/mol. The van der Waals surface area contributed by atoms with Gasteiger partial charge < -0.3 is 4.90 Å². The Morgan fingerprint density at radius 1 is 1.15 bits per heavy atom. The van der Waals surface area contributed by atoms with Gasteiger partial charge in [0.05, 0.1) is 5.69 Å². The second-order valence-corrected chi connectivity index (χ2v) is 7.10. The molecule has 3 aromatic rings. The van der Waals surface area contributed by atoms with E-state index in [9.17, 15) is 4.79 Å². The second-order valence-electron chi connectivity index (χ2n) is 6.67. The maximum Gasteiger partial charge on any atom is 0.274 e. The summed E-state index contributed by atoms with van der Waals surface area (Å²) in [5, 5.41) is 5.36. The third-order valence-electron chi connectivity index (χ3n) is 4.79. The first-order valence-corrected chi connectivity index (χ1v) is 9.17. The summed E-state index contributed by atoms with van der Waals surface area (Å²) in [5.41, 5.74) is 4.84. The zero-order chi connectivity index (χ0) is 18.1. The third kappa shape index (κ3) is 3.13. The lowest BCUT2D eigenvalue weighted by atomic mass is 10.1. The Morgan fingerprint density at radius 3 is 2.73 bits per heavy atom. The van der Waals surface area contributed by atoms with Gasteiger partial charge in [-0.25, -0.2) is 4.68 Å². The Labute approximate surface area is 158 Å². The van der Waals surface area contributed by atoms with Crippen LogP contribution in [0, 0.1) is 0 Å². The lowest BCUT2D eigenvalue weighted by Gasteiger charge is -2.16. The van der Waals surface area contributed by atoms with E-state index in [0.29, 0.717) is 17.3 Å². The van der Waals surface area contributed by atoms with Crippen LogP contribution in [-0.2, 0) is 19.4 Å². The number of rotatable bonds is 4. The summed E-state index contributed by atoms with van der Waals surface area (Å²) in [6.07, 6.45) is 2.94. The molecular formula is C21H20ClN3O. The molecule has 0 bridgehead atoms. The molecule has 2 aromatic carbocycles. The van der Waals surface area contributed by atoms with Crippen molar-refractivity contribution in [2.45, 2.75) is 25.8 Å². The van der Waals surface area contributed by atoms with E-state index in [2.05, 4.69) is 5.10 Å². The van der Waals surface area contributed by atoms with Crippen LogP contribution in [0.4, 0.5) is 0 Å². The Kier molecular flexibility index (Phi) is 4.51. The fraction of sp³-hybridized carbons (Fsp3) is 0.238. The molecule has 0 aliphatic heterocycles. The number of benzene rings is 2. The summed E-state index contributed by atoms with van der Waals surface area (Å²) in [5.74, 6) is -0.0437. The van der Waals surface area contributed by atoms with E-state index in [4.69, 9.17) is 11.6 Å². The van der Waals surface area contributed by atoms with Gasteiger partial charge in [0.1, 0.15) is 0 Å². The van der Waals surface area contributed by atoms with Crippen LogP contribution < -0.4 is 0 Å². The number of carbonyl (C=O) groups excluding carboxylic acids is 1. The number of halogens is 1. The molecule has 0 spiro atoms. The lowest BCUT2D eigenvalue weighted by Crippen LogP contribution is -2.27. The quantitative estimate of drug-likeness (QED) is 0.691. The molecule has 0 N–H and O–H groups in total. The van der Waals surface area contributed by atoms with Crippen molar-refractivity contribution in [2.24, 2.45) is 0 Å². The van der Waals surface area contributed by atoms with Gasteiger partial charge in [-0.05, 0) is 49.1 Å². The normalized spacial score (nSPS) is 12.8. The molecule has 1 aliphatic rings. The molecule has 1 aromatic heterocycles. The largest absolute Gasteiger partial charge is 0.336 e. The first-order chi connectivity index (χ1) is 12.6. The van der Waals surface area contributed by atoms with Crippen molar-refractivity contribution in [3.63, 3.8) is 0 Å². The second kappa shape index (κ2) is 6.96. The molecule has 5 heteroatoms. The molecule has 0 unspecified atom stereocenters. The van der Waals surface area contributed by atoms with Gasteiger partial charge in [0.25, 0.3) is 5.91 Å². The summed E-state index contributed by atoms with van der Waals surface area (Å²) in [4.78, 5) is 14.8. The first-order valence-electron chi connectivity index (χ1n) is 8.79. The van der Waals surface area contributed by atoms with Gasteiger partial charge >= 0.3 is 0 Å². The summed E-state index contributed by atoms with van der Waals surface area (Å²) in [6, 6.07) is 17.6. The minimum Gasteiger partial charge on any atom is -0.336 e. The van der Waals surface area contributed by atoms with Crippen LogP contribution in [0.15, 0.2) is 54.6 Å². The molecule has 0 saturated carbocycles. The first kappa shape index (κ1) is 16.9. The molecule has 26 heavy (non-hydrogen) atoms. The number of amides is 1. The van der Waals surface area contributed by atoms with Gasteiger partial charge in [0, 0.05) is 29.9 Å². The molecule has 0 atom stereocenters. The topological polar surface area (TPSA) is 38.1 Å². The highest BCUT2D eigenvalue weighted by atomic mass is 35.5. The Morgan fingerprint density at radius 2 is 1.96 bits per heavy atom. The number of nitrogens with zero attached hydrogens (tertiary/aromatic N) is 3. The number of hydrogen-bond donors (Lipinski definition) is 0. The van der Waals surface area contributed by atoms with Crippen molar-refractivity contribution in [3.8, 4) is 5.69 Å². The van der Waals surface area contributed by atoms with Crippen LogP contribution in [0.25, 0.3) is 5.69 Å². The zero-order valence-corrected chi connectivity index (χ0v) is 15.4. The SMILES string of the molecule is CN(Cc1cccc(Cl)c1)C(=O)c1nn(-c2ccccc2)c2c1CCC2. The molecule has 0 fully saturated rings. The summed E-state index contributed by atoms with van der Waals surface area (Å²) in [7, 11) is 1.81. The standard InChI is InChI=1S/C21H20ClN3O/c1-24(14-15-7-5-8-16(22)13-15)21(26)20-18-11-6-12-19(18)25(23-20)17-9-3-2-4-10-17/h2-5,7-10,13H,6,11-12,14H2,1H3. The van der Waals surface area contributed by atoms with Crippen LogP contribution in [0.3, 0.4) is 0 Å². The highest BCUT2D eigenvalue weighted by Gasteiger charge is 2.28. The van der Waals surface area contributed by atoms with E-state index in [1.807, 2.05) is 66.3 Å². The molecule has 1 amide bonds. The van der Waals surface area contributed by atoms with Gasteiger partial charge in [-0.1, -0.05) is 41.9 Å². The predicted octanol–water partition coefficient (Wildman–Crippen LogP) is 4.29. The van der Waals surface area contributed by atoms with Gasteiger partial charge in [-0.15, -0.1) is 0 Å². The molecule has 1 heterocycles. The summed E-state index contributed by atoms with van der Waals surface area (Å²) in [6.45, 7) is 0.506. The van der Waals surface area contributed by atoms with Gasteiger partial charge in [-0.3, -0.25) is 4.79 Å². The molecule has 4 nitrogen and oxygen atoms in total. The van der Waals surface area contributed by atoms with E-state index in [0.717, 1.165) is 41.8 Å². The number of hydrogen-bond acceptors (Lipinski definition) is 2. The average Bonchev–Trinajstić information content (AvgIpc) is 3.24. The highest BCUT2D eigenvalue weighted by Crippen LogP contribution is 2.28. The molecule has 0 radical (unpaired) electrons. The molecule has 132 valence electrons. The summed E-state index contributed by atoms with van der Waals surface area (Å²) >= 11 is 6.05. The third-order valence-corrected chi connectivity index (χ3v) is 5.02. The Bertz CT molecular complexity index is 949. The fourth-order valence-electron chi connectivity index (χ4n) is 3.55. The van der Waals surface area contributed by atoms with E-state index >= 15 is 0 Å². The van der Waals surface area contributed by atoms with Gasteiger partial charge in [-0.2, -0.15) is 5.10 Å². The monoisotopic (exact) mass is 365 g/mol. The van der Waals surface area contributed by atoms with E-state index in [1.165, 1.54) is 0 Å². The molecular weight excluding hydrogens is 346 g/mol. The van der Waals surface area contributed by atoms with E-state index < -0.39 is 0 Å². The zero-order valence-electron chi connectivity index (χ0n) is 14.7. The Balaban J connectivity index is 1.64. The van der Waals surface area contributed by atoms with Crippen molar-refractivity contribution in [3.05, 3.63) is 82.1 Å². The maximum atomic E-state index is 13.1. The van der Waals surface area contributed by atoms with Crippen molar-refractivity contribution < 1.29 is 4.79 Å². The lowest BCUT2D eigenvalue weighted by molar-refractivity contribution is 0.0777. The smallest absolute Gasteiger partial charge is 0.274 e. The van der Waals surface area contributed by atoms with E-state index in [-0.39, 0.29) is 5.91 Å². The minimum absolute atomic E-state index is 0.0437. The molecule has 0 saturated heterocycles. The van der Waals surface area contributed by atoms with Crippen molar-refractivity contribution in [2.75, 3.05) is 7.05 Å². The van der Waals surface area contributed by atoms with E-state index in [1.54, 1.807) is 4.90 Å². The number of carbonyl (C=O) groups is 1. The maximum absolute atomic E-state index is 13.1. The van der Waals surface area contributed by atoms with Crippen molar-refractivity contribution in [1.82, 2.24) is 14.7 Å². The number of aromatic nitrogens is 2. The van der Waals surface area contributed by atoms with Crippen LogP contribution in [0.1, 0.15) is 33.7 Å². The number of fused-ring (bicyclic) bond motifs is 1. The van der Waals surface area contributed by atoms with Gasteiger partial charge in [0.2, 0.25) is 0 Å². The van der Waals surface area contributed by atoms with Crippen LogP contribution in [0.2, 0.25) is 5.02 Å². The summed E-state index contributed by atoms with van der Waals surface area (Å²) < 4.78 is 1.93. The highest BCUT2D eigenvalue weighted by molar-refractivity contribution is 6.30. The van der Waals surface area contributed by atoms with Crippen LogP contribution >= 0.6 is 11.6 Å².